The molecule has 0 atom stereocenters. The average molecular weight is 444 g/mol. The molecule has 0 aromatic rings. The van der Waals surface area contributed by atoms with Crippen molar-refractivity contribution in [3.05, 3.63) is 0 Å². The predicted molar refractivity (Wildman–Crippen MR) is 83.1 cm³/mol. The number of nitrogens with zero attached hydrogens (tertiary/aromatic N) is 1. The van der Waals surface area contributed by atoms with E-state index in [1.165, 1.54) is 0 Å². The van der Waals surface area contributed by atoms with Crippen LogP contribution in [0.5, 0.6) is 0 Å². The molecule has 0 saturated carbocycles. The Hall–Kier alpha value is 2.80. The van der Waals surface area contributed by atoms with Crippen LogP contribution in [0.25, 0.3) is 0 Å². The van der Waals surface area contributed by atoms with E-state index in [-0.39, 0.29) is 29.6 Å². The summed E-state index contributed by atoms with van der Waals surface area (Å²) in [4.78, 5) is 1.71. The van der Waals surface area contributed by atoms with Crippen molar-refractivity contribution in [1.82, 2.24) is 4.90 Å². The van der Waals surface area contributed by atoms with E-state index >= 15 is 0 Å². The van der Waals surface area contributed by atoms with Gasteiger partial charge in [0.25, 0.3) is 6.25 Å². The van der Waals surface area contributed by atoms with E-state index in [0.29, 0.717) is 4.32 Å². The van der Waals surface area contributed by atoms with Gasteiger partial charge in [0.1, 0.15) is 0 Å². The second kappa shape index (κ2) is 9.74. The Kier molecular flexibility index (Phi) is 13.9. The van der Waals surface area contributed by atoms with Gasteiger partial charge in [0, 0.05) is 14.1 Å². The molecule has 0 aliphatic carbocycles. The van der Waals surface area contributed by atoms with E-state index in [4.69, 9.17) is 69.6 Å². The number of hydrogen-bond donors (Lipinski definition) is 0. The van der Waals surface area contributed by atoms with Gasteiger partial charge in [-0.3, -0.25) is 0 Å². The SMILES string of the molecule is CN(C)C(=S)[S-].O=S(=O)(C(Cl)(Cl)Cl)C(Cl)(Cl)Cl.[Na+]. The molecule has 13 heteroatoms. The van der Waals surface area contributed by atoms with Crippen molar-refractivity contribution in [2.75, 3.05) is 14.1 Å². The molecule has 0 amide bonds. The van der Waals surface area contributed by atoms with Crippen LogP contribution in [0, 0.1) is 0 Å². The normalized spacial score (nSPS) is 11.8. The molecule has 0 aromatic carbocycles. The summed E-state index contributed by atoms with van der Waals surface area (Å²) in [6, 6.07) is 0. The number of thiocarbonyl (C=S) groups is 1. The Balaban J connectivity index is -0.000000277. The van der Waals surface area contributed by atoms with Gasteiger partial charge >= 0.3 is 29.6 Å². The molecular formula is C5H6Cl6NNaO2S3. The van der Waals surface area contributed by atoms with Crippen molar-refractivity contribution in [1.29, 1.82) is 0 Å². The smallest absolute Gasteiger partial charge is 0.411 e. The van der Waals surface area contributed by atoms with Crippen molar-refractivity contribution in [3.8, 4) is 0 Å². The molecule has 0 unspecified atom stereocenters. The summed E-state index contributed by atoms with van der Waals surface area (Å²) in [5, 5.41) is 0. The monoisotopic (exact) mass is 441 g/mol. The fourth-order valence-electron chi connectivity index (χ4n) is 0.131. The number of rotatable bonds is 0. The third kappa shape index (κ3) is 9.68. The number of hydrogen-bond acceptors (Lipinski definition) is 4. The largest absolute Gasteiger partial charge is 1.00 e. The number of alkyl halides is 6. The second-order valence-corrected chi connectivity index (χ2v) is 11.7. The Labute approximate surface area is 169 Å². The first-order valence-electron chi connectivity index (χ1n) is 3.40. The standard InChI is InChI=1S/C3H7NS2.C2Cl6O2S.Na/c1-4(2)3(5)6;3-1(4,5)11(9,10)2(6,7)8;/h1-2H3,(H,5,6);;/q;;+1/p-1. The predicted octanol–water partition coefficient (Wildman–Crippen LogP) is 0.440. The van der Waals surface area contributed by atoms with Crippen LogP contribution >= 0.6 is 81.8 Å². The molecule has 18 heavy (non-hydrogen) atoms. The maximum Gasteiger partial charge on any atom is 1.00 e. The van der Waals surface area contributed by atoms with Crippen LogP contribution in [0.2, 0.25) is 0 Å². The summed E-state index contributed by atoms with van der Waals surface area (Å²) >= 11 is 39.1. The second-order valence-electron chi connectivity index (χ2n) is 2.56. The summed E-state index contributed by atoms with van der Waals surface area (Å²) in [5.74, 6) is 0. The third-order valence-electron chi connectivity index (χ3n) is 0.975. The van der Waals surface area contributed by atoms with E-state index in [9.17, 15) is 8.42 Å². The zero-order valence-electron chi connectivity index (χ0n) is 9.26. The summed E-state index contributed by atoms with van der Waals surface area (Å²) in [5.41, 5.74) is 0. The van der Waals surface area contributed by atoms with Crippen LogP contribution in [-0.4, -0.2) is 38.0 Å². The van der Waals surface area contributed by atoms with E-state index in [2.05, 4.69) is 24.8 Å². The Bertz CT molecular complexity index is 342. The summed E-state index contributed by atoms with van der Waals surface area (Å²) < 4.78 is 17.0. The van der Waals surface area contributed by atoms with Gasteiger partial charge in [-0.25, -0.2) is 8.42 Å². The van der Waals surface area contributed by atoms with Gasteiger partial charge in [0.2, 0.25) is 9.84 Å². The summed E-state index contributed by atoms with van der Waals surface area (Å²) in [7, 11) is -0.764. The van der Waals surface area contributed by atoms with E-state index < -0.39 is 16.1 Å². The zero-order chi connectivity index (χ0) is 14.7. The van der Waals surface area contributed by atoms with Gasteiger partial charge in [-0.1, -0.05) is 73.9 Å². The molecule has 0 saturated heterocycles. The van der Waals surface area contributed by atoms with Crippen LogP contribution < -0.4 is 29.6 Å². The summed E-state index contributed by atoms with van der Waals surface area (Å²) in [6.45, 7) is 0. The molecule has 0 aliphatic heterocycles. The Morgan fingerprint density at radius 3 is 1.22 bits per heavy atom. The van der Waals surface area contributed by atoms with Gasteiger partial charge in [0.05, 0.1) is 0 Å². The minimum Gasteiger partial charge on any atom is -0.411 e. The van der Waals surface area contributed by atoms with Crippen LogP contribution in [0.4, 0.5) is 0 Å². The molecule has 0 spiro atoms. The average Bonchev–Trinajstić information content (AvgIpc) is 2.00. The van der Waals surface area contributed by atoms with Crippen molar-refractivity contribution >= 4 is 109 Å². The van der Waals surface area contributed by atoms with Crippen LogP contribution in [0.15, 0.2) is 0 Å². The molecule has 104 valence electrons. The quantitative estimate of drug-likeness (QED) is 0.235. The van der Waals surface area contributed by atoms with Gasteiger partial charge in [-0.2, -0.15) is 0 Å². The minimum atomic E-state index is -4.42. The molecule has 0 aromatic heterocycles. The van der Waals surface area contributed by atoms with Crippen molar-refractivity contribution in [2.24, 2.45) is 0 Å². The van der Waals surface area contributed by atoms with Gasteiger partial charge in [-0.15, -0.1) is 0 Å². The van der Waals surface area contributed by atoms with E-state index in [0.717, 1.165) is 0 Å². The van der Waals surface area contributed by atoms with Crippen molar-refractivity contribution < 1.29 is 38.0 Å². The molecular weight excluding hydrogens is 438 g/mol. The maximum atomic E-state index is 10.9. The van der Waals surface area contributed by atoms with Gasteiger partial charge in [0.15, 0.2) is 0 Å². The Morgan fingerprint density at radius 1 is 1.06 bits per heavy atom. The third-order valence-corrected chi connectivity index (χ3v) is 6.58. The van der Waals surface area contributed by atoms with Gasteiger partial charge < -0.3 is 29.7 Å². The molecule has 0 N–H and O–H groups in total. The molecule has 0 fully saturated rings. The van der Waals surface area contributed by atoms with Gasteiger partial charge in [-0.05, 0) is 0 Å². The van der Waals surface area contributed by atoms with Crippen molar-refractivity contribution in [3.63, 3.8) is 0 Å². The van der Waals surface area contributed by atoms with Crippen LogP contribution in [0.3, 0.4) is 0 Å². The van der Waals surface area contributed by atoms with Crippen molar-refractivity contribution in [2.45, 2.75) is 6.25 Å². The van der Waals surface area contributed by atoms with E-state index in [1.807, 2.05) is 14.1 Å². The molecule has 0 rings (SSSR count). The fraction of sp³-hybridized carbons (Fsp3) is 0.800. The first kappa shape index (κ1) is 25.7. The van der Waals surface area contributed by atoms with Crippen LogP contribution in [0.1, 0.15) is 0 Å². The molecule has 3 nitrogen and oxygen atoms in total. The first-order valence-corrected chi connectivity index (χ1v) is 7.97. The topological polar surface area (TPSA) is 37.4 Å². The molecule has 0 aliphatic rings. The number of halogens is 6. The molecule has 0 heterocycles. The van der Waals surface area contributed by atoms with Crippen LogP contribution in [-0.2, 0) is 22.5 Å². The first-order chi connectivity index (χ1) is 7.14. The maximum absolute atomic E-state index is 10.9. The Morgan fingerprint density at radius 2 is 1.22 bits per heavy atom. The minimum absolute atomic E-state index is 0. The fourth-order valence-corrected chi connectivity index (χ4v) is 3.54. The van der Waals surface area contributed by atoms with E-state index in [1.54, 1.807) is 4.90 Å². The molecule has 0 radical (unpaired) electrons. The zero-order valence-corrected chi connectivity index (χ0v) is 18.2. The summed E-state index contributed by atoms with van der Waals surface area (Å²) in [6.07, 6.45) is 0. The molecule has 0 bridgehead atoms. The number of sulfone groups is 1.